The van der Waals surface area contributed by atoms with E-state index in [2.05, 4.69) is 31.4 Å². The van der Waals surface area contributed by atoms with E-state index in [0.717, 1.165) is 19.4 Å². The first-order chi connectivity index (χ1) is 9.49. The fraction of sp³-hybridized carbons (Fsp3) is 0.688. The molecule has 1 heterocycles. The van der Waals surface area contributed by atoms with E-state index in [9.17, 15) is 4.79 Å². The van der Waals surface area contributed by atoms with Gasteiger partial charge in [0.1, 0.15) is 6.54 Å². The van der Waals surface area contributed by atoms with E-state index in [4.69, 9.17) is 0 Å². The van der Waals surface area contributed by atoms with Crippen LogP contribution in [0.2, 0.25) is 0 Å². The first kappa shape index (κ1) is 16.8. The van der Waals surface area contributed by atoms with E-state index < -0.39 is 0 Å². The minimum Gasteiger partial charge on any atom is -0.345 e. The van der Waals surface area contributed by atoms with Gasteiger partial charge in [-0.15, -0.1) is 0 Å². The molecule has 1 aromatic rings. The van der Waals surface area contributed by atoms with Crippen molar-refractivity contribution in [1.29, 1.82) is 0 Å². The van der Waals surface area contributed by atoms with Crippen molar-refractivity contribution in [2.75, 3.05) is 13.6 Å². The quantitative estimate of drug-likeness (QED) is 0.794. The third kappa shape index (κ3) is 4.67. The summed E-state index contributed by atoms with van der Waals surface area (Å²) in [6, 6.07) is 2.74. The summed E-state index contributed by atoms with van der Waals surface area (Å²) < 4.78 is 1.98. The van der Waals surface area contributed by atoms with Crippen LogP contribution in [0.5, 0.6) is 0 Å². The zero-order valence-electron chi connectivity index (χ0n) is 13.5. The lowest BCUT2D eigenvalue weighted by atomic mass is 10.1. The van der Waals surface area contributed by atoms with Crippen molar-refractivity contribution in [3.8, 4) is 0 Å². The van der Waals surface area contributed by atoms with Gasteiger partial charge in [0.05, 0.1) is 0 Å². The molecule has 0 saturated heterocycles. The zero-order chi connectivity index (χ0) is 15.1. The molecular weight excluding hydrogens is 250 g/mol. The van der Waals surface area contributed by atoms with E-state index in [1.165, 1.54) is 5.56 Å². The Labute approximate surface area is 123 Å². The third-order valence-electron chi connectivity index (χ3n) is 3.71. The monoisotopic (exact) mass is 279 g/mol. The Morgan fingerprint density at radius 1 is 1.40 bits per heavy atom. The molecule has 0 radical (unpaired) electrons. The minimum atomic E-state index is 0.150. The second-order valence-electron chi connectivity index (χ2n) is 5.63. The largest absolute Gasteiger partial charge is 0.345 e. The number of nitrogens with one attached hydrogen (secondary N) is 1. The minimum absolute atomic E-state index is 0.150. The smallest absolute Gasteiger partial charge is 0.242 e. The number of hydrogen-bond donors (Lipinski definition) is 1. The highest BCUT2D eigenvalue weighted by Crippen LogP contribution is 2.17. The first-order valence-corrected chi connectivity index (χ1v) is 7.64. The molecule has 0 bridgehead atoms. The lowest BCUT2D eigenvalue weighted by Crippen LogP contribution is -2.35. The van der Waals surface area contributed by atoms with Crippen LogP contribution in [-0.4, -0.2) is 35.0 Å². The van der Waals surface area contributed by atoms with Crippen molar-refractivity contribution in [1.82, 2.24) is 14.8 Å². The van der Waals surface area contributed by atoms with Gasteiger partial charge in [0, 0.05) is 31.5 Å². The van der Waals surface area contributed by atoms with Gasteiger partial charge >= 0.3 is 0 Å². The van der Waals surface area contributed by atoms with Crippen LogP contribution in [0.4, 0.5) is 0 Å². The Kier molecular flexibility index (Phi) is 6.79. The Hall–Kier alpha value is -1.29. The van der Waals surface area contributed by atoms with Crippen LogP contribution in [0.1, 0.15) is 52.1 Å². The maximum atomic E-state index is 12.1. The SMILES string of the molecule is CCCNC(CC)c1ccn(CC(=O)N(C)C(C)C)c1. The van der Waals surface area contributed by atoms with Gasteiger partial charge in [-0.05, 0) is 44.9 Å². The molecule has 0 aliphatic carbocycles. The molecule has 114 valence electrons. The molecule has 0 fully saturated rings. The molecule has 1 aromatic heterocycles. The molecule has 0 saturated carbocycles. The predicted molar refractivity (Wildman–Crippen MR) is 83.7 cm³/mol. The van der Waals surface area contributed by atoms with Crippen LogP contribution >= 0.6 is 0 Å². The summed E-state index contributed by atoms with van der Waals surface area (Å²) in [5, 5.41) is 3.53. The van der Waals surface area contributed by atoms with Crippen molar-refractivity contribution in [3.05, 3.63) is 24.0 Å². The van der Waals surface area contributed by atoms with Gasteiger partial charge in [-0.2, -0.15) is 0 Å². The molecule has 1 N–H and O–H groups in total. The molecule has 1 rings (SSSR count). The summed E-state index contributed by atoms with van der Waals surface area (Å²) in [4.78, 5) is 13.8. The molecule has 1 unspecified atom stereocenters. The fourth-order valence-electron chi connectivity index (χ4n) is 2.14. The third-order valence-corrected chi connectivity index (χ3v) is 3.71. The maximum absolute atomic E-state index is 12.1. The number of rotatable bonds is 8. The highest BCUT2D eigenvalue weighted by molar-refractivity contribution is 5.76. The topological polar surface area (TPSA) is 37.3 Å². The highest BCUT2D eigenvalue weighted by Gasteiger charge is 2.14. The van der Waals surface area contributed by atoms with E-state index >= 15 is 0 Å². The predicted octanol–water partition coefficient (Wildman–Crippen LogP) is 2.81. The number of carbonyl (C=O) groups excluding carboxylic acids is 1. The summed E-state index contributed by atoms with van der Waals surface area (Å²) in [7, 11) is 1.86. The van der Waals surface area contributed by atoms with Crippen LogP contribution in [-0.2, 0) is 11.3 Å². The normalized spacial score (nSPS) is 12.7. The highest BCUT2D eigenvalue weighted by atomic mass is 16.2. The summed E-state index contributed by atoms with van der Waals surface area (Å²) in [6.45, 7) is 9.85. The summed E-state index contributed by atoms with van der Waals surface area (Å²) in [6.07, 6.45) is 6.28. The van der Waals surface area contributed by atoms with Crippen LogP contribution < -0.4 is 5.32 Å². The molecule has 1 amide bonds. The number of hydrogen-bond acceptors (Lipinski definition) is 2. The van der Waals surface area contributed by atoms with E-state index in [-0.39, 0.29) is 11.9 Å². The zero-order valence-corrected chi connectivity index (χ0v) is 13.5. The van der Waals surface area contributed by atoms with Crippen molar-refractivity contribution in [3.63, 3.8) is 0 Å². The lowest BCUT2D eigenvalue weighted by Gasteiger charge is -2.21. The molecule has 4 nitrogen and oxygen atoms in total. The van der Waals surface area contributed by atoms with E-state index in [1.807, 2.05) is 31.7 Å². The number of likely N-dealkylation sites (N-methyl/N-ethyl adjacent to an activating group) is 1. The summed E-state index contributed by atoms with van der Waals surface area (Å²) in [5.41, 5.74) is 1.26. The first-order valence-electron chi connectivity index (χ1n) is 7.64. The van der Waals surface area contributed by atoms with Crippen molar-refractivity contribution in [2.45, 2.75) is 59.2 Å². The standard InChI is InChI=1S/C16H29N3O/c1-6-9-17-15(7-2)14-8-10-19(11-14)12-16(20)18(5)13(3)4/h8,10-11,13,15,17H,6-7,9,12H2,1-5H3. The molecule has 0 aliphatic heterocycles. The average Bonchev–Trinajstić information content (AvgIpc) is 2.87. The molecule has 4 heteroatoms. The molecule has 0 spiro atoms. The van der Waals surface area contributed by atoms with Crippen molar-refractivity contribution in [2.24, 2.45) is 0 Å². The van der Waals surface area contributed by atoms with Crippen LogP contribution in [0.15, 0.2) is 18.5 Å². The maximum Gasteiger partial charge on any atom is 0.242 e. The number of aromatic nitrogens is 1. The Bertz CT molecular complexity index is 412. The van der Waals surface area contributed by atoms with E-state index in [1.54, 1.807) is 4.90 Å². The van der Waals surface area contributed by atoms with Gasteiger partial charge in [0.25, 0.3) is 0 Å². The molecule has 0 aliphatic rings. The van der Waals surface area contributed by atoms with Gasteiger partial charge in [-0.1, -0.05) is 13.8 Å². The van der Waals surface area contributed by atoms with Crippen LogP contribution in [0.3, 0.4) is 0 Å². The second kappa shape index (κ2) is 8.10. The molecule has 0 aromatic carbocycles. The molecular formula is C16H29N3O. The number of nitrogens with zero attached hydrogens (tertiary/aromatic N) is 2. The van der Waals surface area contributed by atoms with Crippen molar-refractivity contribution >= 4 is 5.91 Å². The summed E-state index contributed by atoms with van der Waals surface area (Å²) in [5.74, 6) is 0.150. The summed E-state index contributed by atoms with van der Waals surface area (Å²) >= 11 is 0. The van der Waals surface area contributed by atoms with E-state index in [0.29, 0.717) is 12.6 Å². The second-order valence-corrected chi connectivity index (χ2v) is 5.63. The Morgan fingerprint density at radius 3 is 2.65 bits per heavy atom. The van der Waals surface area contributed by atoms with Crippen LogP contribution in [0.25, 0.3) is 0 Å². The van der Waals surface area contributed by atoms with Gasteiger partial charge < -0.3 is 14.8 Å². The van der Waals surface area contributed by atoms with Crippen molar-refractivity contribution < 1.29 is 4.79 Å². The van der Waals surface area contributed by atoms with Gasteiger partial charge in [0.2, 0.25) is 5.91 Å². The van der Waals surface area contributed by atoms with Gasteiger partial charge in [-0.25, -0.2) is 0 Å². The molecule has 20 heavy (non-hydrogen) atoms. The number of amides is 1. The Balaban J connectivity index is 2.64. The lowest BCUT2D eigenvalue weighted by molar-refractivity contribution is -0.131. The van der Waals surface area contributed by atoms with Crippen LogP contribution in [0, 0.1) is 0 Å². The Morgan fingerprint density at radius 2 is 2.10 bits per heavy atom. The van der Waals surface area contributed by atoms with Gasteiger partial charge in [-0.3, -0.25) is 4.79 Å². The number of carbonyl (C=O) groups is 1. The molecule has 1 atom stereocenters. The average molecular weight is 279 g/mol. The fourth-order valence-corrected chi connectivity index (χ4v) is 2.14. The van der Waals surface area contributed by atoms with Gasteiger partial charge in [0.15, 0.2) is 0 Å².